The first kappa shape index (κ1) is 36.3. The fourth-order valence-corrected chi connectivity index (χ4v) is 3.07. The van der Waals surface area contributed by atoms with Gasteiger partial charge in [0, 0.05) is 12.8 Å². The summed E-state index contributed by atoms with van der Waals surface area (Å²) in [7, 11) is 0. The molecule has 0 fully saturated rings. The zero-order valence-electron chi connectivity index (χ0n) is 24.5. The summed E-state index contributed by atoms with van der Waals surface area (Å²) in [6.07, 6.45) is 2.96. The number of esters is 2. The first-order valence-electron chi connectivity index (χ1n) is 13.7. The van der Waals surface area contributed by atoms with Crippen LogP contribution in [0.15, 0.2) is 104 Å². The lowest BCUT2D eigenvalue weighted by molar-refractivity contribution is -0.148. The maximum Gasteiger partial charge on any atom is 0.310 e. The highest BCUT2D eigenvalue weighted by Gasteiger charge is 2.09. The highest BCUT2D eigenvalue weighted by Crippen LogP contribution is 2.16. The molecule has 0 aliphatic carbocycles. The molecule has 0 aromatic heterocycles. The molecule has 0 aliphatic heterocycles. The van der Waals surface area contributed by atoms with E-state index in [0.29, 0.717) is 12.8 Å². The van der Waals surface area contributed by atoms with E-state index in [-0.39, 0.29) is 30.3 Å². The third-order valence-electron chi connectivity index (χ3n) is 5.26. The van der Waals surface area contributed by atoms with Crippen LogP contribution in [0, 0.1) is 0 Å². The Kier molecular flexibility index (Phi) is 21.0. The standard InChI is InChI=1S/C12H16O2.2C8H10O.C6H10O2/c1-3-7-12(13)14-10(2)11-8-5-4-6-9-11;2*1-7(9)8-5-3-2-4-6-8;1-3-5-6(7)8-4-2/h4-6,8-10H,3,7H2,1-2H3;2*2-7,9H,1H3;4H,2-3,5H2,1H3/t10-;7-;;/m10../s1. The number of hydrogen-bond acceptors (Lipinski definition) is 6. The molecule has 6 nitrogen and oxygen atoms in total. The molecule has 0 aliphatic rings. The fourth-order valence-electron chi connectivity index (χ4n) is 3.07. The average molecular weight is 551 g/mol. The third-order valence-corrected chi connectivity index (χ3v) is 5.26. The predicted octanol–water partition coefficient (Wildman–Crippen LogP) is 8.04. The molecule has 0 saturated heterocycles. The summed E-state index contributed by atoms with van der Waals surface area (Å²) in [6.45, 7) is 12.5. The molecule has 3 aromatic rings. The molecule has 0 saturated carbocycles. The minimum Gasteiger partial charge on any atom is -0.458 e. The molecule has 0 radical (unpaired) electrons. The molecule has 1 unspecified atom stereocenters. The number of aliphatic hydroxyl groups excluding tert-OH is 2. The van der Waals surface area contributed by atoms with Crippen molar-refractivity contribution < 1.29 is 29.3 Å². The Morgan fingerprint density at radius 2 is 1.02 bits per heavy atom. The van der Waals surface area contributed by atoms with Crippen molar-refractivity contribution in [1.82, 2.24) is 0 Å². The molecule has 218 valence electrons. The SMILES string of the molecule is C=COC(=O)CCC.CC(O)c1ccccc1.CCCC(=O)O[C@H](C)c1ccccc1.C[C@H](O)c1ccccc1. The number of hydrogen-bond donors (Lipinski definition) is 2. The lowest BCUT2D eigenvalue weighted by Crippen LogP contribution is -2.07. The summed E-state index contributed by atoms with van der Waals surface area (Å²) in [6, 6.07) is 28.9. The molecule has 0 heterocycles. The topological polar surface area (TPSA) is 93.1 Å². The van der Waals surface area contributed by atoms with E-state index in [1.807, 2.05) is 112 Å². The lowest BCUT2D eigenvalue weighted by Gasteiger charge is -2.12. The van der Waals surface area contributed by atoms with Gasteiger partial charge in [-0.2, -0.15) is 0 Å². The van der Waals surface area contributed by atoms with Crippen LogP contribution < -0.4 is 0 Å². The Bertz CT molecular complexity index is 990. The van der Waals surface area contributed by atoms with Gasteiger partial charge in [-0.1, -0.05) is 111 Å². The molecule has 6 heteroatoms. The number of carbonyl (C=O) groups is 2. The largest absolute Gasteiger partial charge is 0.458 e. The average Bonchev–Trinajstić information content (AvgIpc) is 2.96. The van der Waals surface area contributed by atoms with E-state index in [0.717, 1.165) is 35.8 Å². The van der Waals surface area contributed by atoms with Gasteiger partial charge in [0.05, 0.1) is 18.5 Å². The zero-order chi connectivity index (χ0) is 30.2. The molecule has 3 atom stereocenters. The van der Waals surface area contributed by atoms with Crippen LogP contribution in [0.4, 0.5) is 0 Å². The highest BCUT2D eigenvalue weighted by atomic mass is 16.5. The smallest absolute Gasteiger partial charge is 0.310 e. The van der Waals surface area contributed by atoms with E-state index < -0.39 is 0 Å². The van der Waals surface area contributed by atoms with Gasteiger partial charge in [-0.3, -0.25) is 9.59 Å². The van der Waals surface area contributed by atoms with Crippen LogP contribution in [0.2, 0.25) is 0 Å². The van der Waals surface area contributed by atoms with Crippen molar-refractivity contribution in [3.8, 4) is 0 Å². The highest BCUT2D eigenvalue weighted by molar-refractivity contribution is 5.70. The van der Waals surface area contributed by atoms with Crippen LogP contribution in [0.25, 0.3) is 0 Å². The summed E-state index contributed by atoms with van der Waals surface area (Å²) in [5.41, 5.74) is 2.98. The van der Waals surface area contributed by atoms with E-state index in [1.165, 1.54) is 0 Å². The predicted molar refractivity (Wildman–Crippen MR) is 161 cm³/mol. The van der Waals surface area contributed by atoms with Gasteiger partial charge in [-0.15, -0.1) is 0 Å². The van der Waals surface area contributed by atoms with Gasteiger partial charge in [-0.05, 0) is 50.3 Å². The van der Waals surface area contributed by atoms with E-state index >= 15 is 0 Å². The number of carbonyl (C=O) groups excluding carboxylic acids is 2. The van der Waals surface area contributed by atoms with Crippen molar-refractivity contribution >= 4 is 11.9 Å². The normalized spacial score (nSPS) is 11.8. The van der Waals surface area contributed by atoms with Gasteiger partial charge in [0.25, 0.3) is 0 Å². The first-order chi connectivity index (χ1) is 19.2. The Morgan fingerprint density at radius 3 is 1.32 bits per heavy atom. The summed E-state index contributed by atoms with van der Waals surface area (Å²) in [5, 5.41) is 18.0. The van der Waals surface area contributed by atoms with Crippen LogP contribution in [0.5, 0.6) is 0 Å². The van der Waals surface area contributed by atoms with Crippen LogP contribution in [-0.4, -0.2) is 22.2 Å². The number of ether oxygens (including phenoxy) is 2. The van der Waals surface area contributed by atoms with Crippen molar-refractivity contribution in [2.24, 2.45) is 0 Å². The van der Waals surface area contributed by atoms with Crippen LogP contribution >= 0.6 is 0 Å². The first-order valence-corrected chi connectivity index (χ1v) is 13.7. The number of benzene rings is 3. The van der Waals surface area contributed by atoms with E-state index in [1.54, 1.807) is 13.8 Å². The quantitative estimate of drug-likeness (QED) is 0.207. The Hall–Kier alpha value is -3.74. The molecule has 0 bridgehead atoms. The number of aliphatic hydroxyl groups is 2. The minimum atomic E-state index is -0.341. The molecular formula is C34H46O6. The summed E-state index contributed by atoms with van der Waals surface area (Å²) in [4.78, 5) is 21.6. The van der Waals surface area contributed by atoms with E-state index in [2.05, 4.69) is 11.3 Å². The second-order valence-corrected chi connectivity index (χ2v) is 8.87. The van der Waals surface area contributed by atoms with Crippen LogP contribution in [-0.2, 0) is 19.1 Å². The Balaban J connectivity index is 0.000000522. The maximum absolute atomic E-state index is 11.2. The third kappa shape index (κ3) is 18.5. The van der Waals surface area contributed by atoms with Crippen molar-refractivity contribution in [1.29, 1.82) is 0 Å². The molecule has 0 amide bonds. The molecular weight excluding hydrogens is 504 g/mol. The molecule has 3 aromatic carbocycles. The van der Waals surface area contributed by atoms with Crippen molar-refractivity contribution in [3.63, 3.8) is 0 Å². The zero-order valence-corrected chi connectivity index (χ0v) is 24.5. The van der Waals surface area contributed by atoms with Crippen LogP contribution in [0.3, 0.4) is 0 Å². The van der Waals surface area contributed by atoms with Gasteiger partial charge >= 0.3 is 11.9 Å². The lowest BCUT2D eigenvalue weighted by atomic mass is 10.1. The second-order valence-electron chi connectivity index (χ2n) is 8.87. The van der Waals surface area contributed by atoms with E-state index in [9.17, 15) is 9.59 Å². The molecule has 3 rings (SSSR count). The van der Waals surface area contributed by atoms with Gasteiger partial charge in [0.1, 0.15) is 6.10 Å². The molecule has 0 spiro atoms. The Morgan fingerprint density at radius 1 is 0.675 bits per heavy atom. The second kappa shape index (κ2) is 23.2. The van der Waals surface area contributed by atoms with Crippen molar-refractivity contribution in [3.05, 3.63) is 121 Å². The van der Waals surface area contributed by atoms with Crippen molar-refractivity contribution in [2.45, 2.75) is 78.6 Å². The Labute approximate surface area is 240 Å². The van der Waals surface area contributed by atoms with Crippen LogP contribution in [0.1, 0.15) is 95.3 Å². The summed E-state index contributed by atoms with van der Waals surface area (Å²) < 4.78 is 9.65. The summed E-state index contributed by atoms with van der Waals surface area (Å²) >= 11 is 0. The molecule has 2 N–H and O–H groups in total. The minimum absolute atomic E-state index is 0.121. The summed E-state index contributed by atoms with van der Waals surface area (Å²) in [5.74, 6) is -0.327. The monoisotopic (exact) mass is 550 g/mol. The van der Waals surface area contributed by atoms with Crippen molar-refractivity contribution in [2.75, 3.05) is 0 Å². The van der Waals surface area contributed by atoms with E-state index in [4.69, 9.17) is 14.9 Å². The van der Waals surface area contributed by atoms with Gasteiger partial charge in [-0.25, -0.2) is 0 Å². The van der Waals surface area contributed by atoms with Gasteiger partial charge in [0.15, 0.2) is 0 Å². The van der Waals surface area contributed by atoms with Gasteiger partial charge < -0.3 is 19.7 Å². The van der Waals surface area contributed by atoms with Gasteiger partial charge in [0.2, 0.25) is 0 Å². The fraction of sp³-hybridized carbons (Fsp3) is 0.353. The maximum atomic E-state index is 11.2. The number of rotatable bonds is 9. The molecule has 40 heavy (non-hydrogen) atoms.